The van der Waals surface area contributed by atoms with Gasteiger partial charge in [-0.05, 0) is 0 Å². The molecule has 2 nitrogen and oxygen atoms in total. The first kappa shape index (κ1) is 34.2. The molecule has 0 rings (SSSR count). The number of rotatable bonds is 0. The molecule has 4 heteroatoms. The van der Waals surface area contributed by atoms with Crippen LogP contribution in [0.5, 0.6) is 0 Å². The van der Waals surface area contributed by atoms with Gasteiger partial charge in [0.2, 0.25) is 0 Å². The van der Waals surface area contributed by atoms with Crippen molar-refractivity contribution in [3.05, 3.63) is 0 Å². The van der Waals surface area contributed by atoms with Gasteiger partial charge in [0.15, 0.2) is 0 Å². The Balaban J connectivity index is 0. The van der Waals surface area contributed by atoms with Crippen molar-refractivity contribution in [1.82, 2.24) is 6.15 Å². The summed E-state index contributed by atoms with van der Waals surface area (Å²) in [7, 11) is 0. The molecule has 0 atom stereocenters. The van der Waals surface area contributed by atoms with Crippen molar-refractivity contribution < 1.29 is 27.9 Å². The van der Waals surface area contributed by atoms with Crippen LogP contribution in [0.15, 0.2) is 0 Å². The van der Waals surface area contributed by atoms with Crippen LogP contribution < -0.4 is 6.15 Å². The van der Waals surface area contributed by atoms with E-state index in [1.165, 1.54) is 0 Å². The molecule has 0 heterocycles. The molecular weight excluding hydrogens is 348 g/mol. The minimum atomic E-state index is 0. The van der Waals surface area contributed by atoms with Crippen LogP contribution in [-0.4, -0.2) is 54.4 Å². The molecule has 0 spiro atoms. The van der Waals surface area contributed by atoms with Crippen LogP contribution in [0.3, 0.4) is 0 Å². The third-order valence-corrected chi connectivity index (χ3v) is 0. The van der Waals surface area contributed by atoms with Crippen LogP contribution in [0.4, 0.5) is 0 Å². The van der Waals surface area contributed by atoms with Gasteiger partial charge in [0, 0.05) is 22.4 Å². The Morgan fingerprint density at radius 2 is 1.00 bits per heavy atom. The molecule has 5 N–H and O–H groups in total. The first-order chi connectivity index (χ1) is 0. The van der Waals surface area contributed by atoms with Gasteiger partial charge in [0.1, 0.15) is 0 Å². The second kappa shape index (κ2) is 18.8. The van der Waals surface area contributed by atoms with E-state index in [0.29, 0.717) is 0 Å². The predicted molar refractivity (Wildman–Crippen MR) is 17.2 cm³/mol. The van der Waals surface area contributed by atoms with Crippen molar-refractivity contribution >= 4 is 48.9 Å². The summed E-state index contributed by atoms with van der Waals surface area (Å²) in [5, 5.41) is 0. The maximum absolute atomic E-state index is 0. The summed E-state index contributed by atoms with van der Waals surface area (Å²) >= 11 is 0. The molecular formula is H7BaNOTa. The van der Waals surface area contributed by atoms with Crippen molar-refractivity contribution in [2.24, 2.45) is 0 Å². The Morgan fingerprint density at radius 3 is 1.00 bits per heavy atom. The molecule has 4 heavy (non-hydrogen) atoms. The number of hydrogen-bond acceptors (Lipinski definition) is 1. The molecule has 0 amide bonds. The Hall–Kier alpha value is 2.23. The minimum absolute atomic E-state index is 0. The monoisotopic (exact) mass is 356 g/mol. The van der Waals surface area contributed by atoms with E-state index < -0.39 is 0 Å². The van der Waals surface area contributed by atoms with Crippen LogP contribution in [0.25, 0.3) is 0 Å². The van der Waals surface area contributed by atoms with E-state index in [2.05, 4.69) is 0 Å². The molecule has 0 bridgehead atoms. The van der Waals surface area contributed by atoms with Crippen LogP contribution in [0.1, 0.15) is 0 Å². The Kier molecular flexibility index (Phi) is 161. The van der Waals surface area contributed by atoms with Crippen LogP contribution >= 0.6 is 0 Å². The van der Waals surface area contributed by atoms with E-state index in [9.17, 15) is 0 Å². The average molecular weight is 355 g/mol. The fraction of sp³-hybridized carbons (Fsp3) is 0. The third kappa shape index (κ3) is 8.87. The van der Waals surface area contributed by atoms with Gasteiger partial charge in [0.05, 0.1) is 0 Å². The zero-order chi connectivity index (χ0) is 0. The van der Waals surface area contributed by atoms with Gasteiger partial charge in [-0.2, -0.15) is 0 Å². The topological polar surface area (TPSA) is 66.5 Å². The first-order valence-electron chi connectivity index (χ1n) is 0. The molecule has 0 aromatic heterocycles. The quantitative estimate of drug-likeness (QED) is 0.524. The van der Waals surface area contributed by atoms with E-state index in [0.717, 1.165) is 0 Å². The van der Waals surface area contributed by atoms with Gasteiger partial charge in [-0.1, -0.05) is 0 Å². The molecule has 1 radical (unpaired) electrons. The van der Waals surface area contributed by atoms with E-state index >= 15 is 0 Å². The van der Waals surface area contributed by atoms with Crippen molar-refractivity contribution in [2.45, 2.75) is 0 Å². The Bertz CT molecular complexity index is 8.00. The van der Waals surface area contributed by atoms with E-state index in [1.807, 2.05) is 0 Å². The smallest absolute Gasteiger partial charge is 0 e. The molecule has 0 aliphatic carbocycles. The molecule has 0 unspecified atom stereocenters. The zero-order valence-electron chi connectivity index (χ0n) is 1.65. The number of hydrogen-bond donors (Lipinski definition) is 1. The van der Waals surface area contributed by atoms with Crippen molar-refractivity contribution in [1.29, 1.82) is 0 Å². The SMILES string of the molecule is N.O.[BaH2].[Ta]. The largest absolute Gasteiger partial charge is 0 e. The summed E-state index contributed by atoms with van der Waals surface area (Å²) in [6.45, 7) is 0. The van der Waals surface area contributed by atoms with Crippen LogP contribution in [-0.2, 0) is 22.4 Å². The van der Waals surface area contributed by atoms with Gasteiger partial charge < -0.3 is 11.6 Å². The Morgan fingerprint density at radius 1 is 1.00 bits per heavy atom. The van der Waals surface area contributed by atoms with Crippen LogP contribution in [0.2, 0.25) is 0 Å². The standard InChI is InChI=1S/Ba.H3N.H2O.Ta.2H/h;1H3;1H2;;;. The van der Waals surface area contributed by atoms with Crippen molar-refractivity contribution in [3.8, 4) is 0 Å². The summed E-state index contributed by atoms with van der Waals surface area (Å²) < 4.78 is 0. The molecule has 0 aliphatic rings. The third-order valence-electron chi connectivity index (χ3n) is 0. The Labute approximate surface area is 81.2 Å². The van der Waals surface area contributed by atoms with E-state index in [-0.39, 0.29) is 82.9 Å². The van der Waals surface area contributed by atoms with Gasteiger partial charge in [-0.3, -0.25) is 0 Å². The van der Waals surface area contributed by atoms with Gasteiger partial charge >= 0.3 is 48.9 Å². The summed E-state index contributed by atoms with van der Waals surface area (Å²) in [6.07, 6.45) is 0. The van der Waals surface area contributed by atoms with E-state index in [1.54, 1.807) is 0 Å². The summed E-state index contributed by atoms with van der Waals surface area (Å²) in [5.41, 5.74) is 0. The predicted octanol–water partition coefficient (Wildman–Crippen LogP) is -1.58. The van der Waals surface area contributed by atoms with Crippen molar-refractivity contribution in [3.63, 3.8) is 0 Å². The molecule has 0 saturated carbocycles. The fourth-order valence-electron chi connectivity index (χ4n) is 0. The second-order valence-corrected chi connectivity index (χ2v) is 0. The first-order valence-corrected chi connectivity index (χ1v) is 0. The molecule has 0 aromatic carbocycles. The maximum Gasteiger partial charge on any atom is 0 e. The normalized spacial score (nSPS) is 0. The maximum atomic E-state index is 0. The average Bonchev–Trinajstić information content (AvgIpc) is 0. The summed E-state index contributed by atoms with van der Waals surface area (Å²) in [6, 6.07) is 0. The fourth-order valence-corrected chi connectivity index (χ4v) is 0. The minimum Gasteiger partial charge on any atom is 0 e. The summed E-state index contributed by atoms with van der Waals surface area (Å²) in [4.78, 5) is 0. The molecule has 0 aromatic rings. The molecule has 25 valence electrons. The van der Waals surface area contributed by atoms with Gasteiger partial charge in [-0.15, -0.1) is 0 Å². The van der Waals surface area contributed by atoms with Gasteiger partial charge in [-0.25, -0.2) is 0 Å². The van der Waals surface area contributed by atoms with Gasteiger partial charge in [0.25, 0.3) is 0 Å². The molecule has 0 fully saturated rings. The van der Waals surface area contributed by atoms with Crippen LogP contribution in [0, 0.1) is 0 Å². The van der Waals surface area contributed by atoms with E-state index in [4.69, 9.17) is 0 Å². The van der Waals surface area contributed by atoms with Crippen molar-refractivity contribution in [2.75, 3.05) is 0 Å². The second-order valence-electron chi connectivity index (χ2n) is 0. The summed E-state index contributed by atoms with van der Waals surface area (Å²) in [5.74, 6) is 0. The zero-order valence-corrected chi connectivity index (χ0v) is 4.87. The molecule has 0 saturated heterocycles. The molecule has 0 aliphatic heterocycles.